The van der Waals surface area contributed by atoms with E-state index in [0.29, 0.717) is 18.8 Å². The van der Waals surface area contributed by atoms with Crippen LogP contribution < -0.4 is 0 Å². The molecule has 0 aromatic rings. The number of ether oxygens (including phenoxy) is 1. The van der Waals surface area contributed by atoms with Crippen LogP contribution in [-0.4, -0.2) is 26.6 Å². The summed E-state index contributed by atoms with van der Waals surface area (Å²) >= 11 is 0. The quantitative estimate of drug-likeness (QED) is 0.557. The zero-order valence-electron chi connectivity index (χ0n) is 13.1. The second-order valence-electron chi connectivity index (χ2n) is 6.79. The van der Waals surface area contributed by atoms with Crippen molar-refractivity contribution in [1.29, 1.82) is 0 Å². The molecule has 1 rings (SSSR count). The topological polar surface area (TPSA) is 26.3 Å². The molecule has 0 saturated heterocycles. The van der Waals surface area contributed by atoms with Gasteiger partial charge in [0.1, 0.15) is 6.10 Å². The fourth-order valence-corrected chi connectivity index (χ4v) is 4.42. The molecule has 0 aromatic heterocycles. The number of ketones is 1. The molecule has 0 spiro atoms. The van der Waals surface area contributed by atoms with Crippen LogP contribution in [0.1, 0.15) is 45.4 Å². The summed E-state index contributed by atoms with van der Waals surface area (Å²) in [6, 6.07) is 1.31. The van der Waals surface area contributed by atoms with Crippen LogP contribution in [0.25, 0.3) is 0 Å². The summed E-state index contributed by atoms with van der Waals surface area (Å²) in [6.45, 7) is 9.90. The van der Waals surface area contributed by atoms with Crippen molar-refractivity contribution in [2.24, 2.45) is 0 Å². The second kappa shape index (κ2) is 8.00. The van der Waals surface area contributed by atoms with Gasteiger partial charge in [-0.15, -0.1) is 0 Å². The van der Waals surface area contributed by atoms with Gasteiger partial charge >= 0.3 is 0 Å². The molecule has 1 unspecified atom stereocenters. The van der Waals surface area contributed by atoms with E-state index in [4.69, 9.17) is 4.74 Å². The zero-order chi connectivity index (χ0) is 14.3. The highest BCUT2D eigenvalue weighted by Crippen LogP contribution is 2.24. The van der Waals surface area contributed by atoms with Crippen LogP contribution in [0.5, 0.6) is 0 Å². The second-order valence-corrected chi connectivity index (χ2v) is 12.3. The maximum atomic E-state index is 12.0. The van der Waals surface area contributed by atoms with Gasteiger partial charge in [-0.3, -0.25) is 4.79 Å². The van der Waals surface area contributed by atoms with E-state index >= 15 is 0 Å². The molecule has 0 bridgehead atoms. The minimum Gasteiger partial charge on any atom is -0.371 e. The Morgan fingerprint density at radius 3 is 2.58 bits per heavy atom. The summed E-state index contributed by atoms with van der Waals surface area (Å²) < 4.78 is 5.59. The summed E-state index contributed by atoms with van der Waals surface area (Å²) in [5.41, 5.74) is 1.63. The van der Waals surface area contributed by atoms with Crippen molar-refractivity contribution >= 4 is 13.9 Å². The lowest BCUT2D eigenvalue weighted by Gasteiger charge is -2.21. The molecule has 19 heavy (non-hydrogen) atoms. The molecule has 1 atom stereocenters. The van der Waals surface area contributed by atoms with E-state index < -0.39 is 8.07 Å². The van der Waals surface area contributed by atoms with Gasteiger partial charge in [0.2, 0.25) is 0 Å². The fourth-order valence-electron chi connectivity index (χ4n) is 2.73. The fraction of sp³-hybridized carbons (Fsp3) is 0.812. The first-order chi connectivity index (χ1) is 8.92. The SMILES string of the molecule is CCOC1CC/C=C(/C[Si](C)(C)C)CCCCC1=O. The van der Waals surface area contributed by atoms with E-state index in [2.05, 4.69) is 25.7 Å². The summed E-state index contributed by atoms with van der Waals surface area (Å²) in [5.74, 6) is 0.309. The number of rotatable bonds is 4. The number of allylic oxidation sites excluding steroid dienone is 2. The molecule has 0 fully saturated rings. The minimum atomic E-state index is -1.02. The smallest absolute Gasteiger partial charge is 0.161 e. The molecule has 0 radical (unpaired) electrons. The molecular weight excluding hydrogens is 252 g/mol. The molecule has 0 saturated carbocycles. The molecule has 0 aliphatic heterocycles. The number of carbonyl (C=O) groups excluding carboxylic acids is 1. The number of Topliss-reactive ketones (excluding diaryl/α,β-unsaturated/α-hetero) is 1. The third kappa shape index (κ3) is 7.07. The van der Waals surface area contributed by atoms with Gasteiger partial charge in [-0.05, 0) is 45.1 Å². The highest BCUT2D eigenvalue weighted by atomic mass is 28.3. The maximum Gasteiger partial charge on any atom is 0.161 e. The average Bonchev–Trinajstić information content (AvgIpc) is 2.30. The van der Waals surface area contributed by atoms with Crippen molar-refractivity contribution in [1.82, 2.24) is 0 Å². The van der Waals surface area contributed by atoms with Crippen LogP contribution in [0.3, 0.4) is 0 Å². The Bertz CT molecular complexity index is 315. The van der Waals surface area contributed by atoms with Crippen LogP contribution in [0.2, 0.25) is 25.7 Å². The van der Waals surface area contributed by atoms with Gasteiger partial charge in [-0.2, -0.15) is 0 Å². The first-order valence-electron chi connectivity index (χ1n) is 7.74. The Hall–Kier alpha value is -0.413. The van der Waals surface area contributed by atoms with Crippen LogP contribution in [0, 0.1) is 0 Å². The summed E-state index contributed by atoms with van der Waals surface area (Å²) in [7, 11) is -1.02. The highest BCUT2D eigenvalue weighted by molar-refractivity contribution is 6.76. The Morgan fingerprint density at radius 2 is 1.95 bits per heavy atom. The summed E-state index contributed by atoms with van der Waals surface area (Å²) in [6.07, 6.45) is 8.15. The molecule has 0 aromatic carbocycles. The molecule has 0 heterocycles. The van der Waals surface area contributed by atoms with Gasteiger partial charge in [-0.25, -0.2) is 0 Å². The van der Waals surface area contributed by atoms with E-state index in [1.165, 1.54) is 12.5 Å². The Labute approximate surface area is 119 Å². The van der Waals surface area contributed by atoms with Crippen molar-refractivity contribution in [2.75, 3.05) is 6.61 Å². The van der Waals surface area contributed by atoms with E-state index in [1.54, 1.807) is 5.57 Å². The summed E-state index contributed by atoms with van der Waals surface area (Å²) in [5, 5.41) is 0. The van der Waals surface area contributed by atoms with Crippen LogP contribution in [0.15, 0.2) is 11.6 Å². The van der Waals surface area contributed by atoms with Crippen molar-refractivity contribution < 1.29 is 9.53 Å². The van der Waals surface area contributed by atoms with Gasteiger partial charge in [0.15, 0.2) is 5.78 Å². The van der Waals surface area contributed by atoms with Gasteiger partial charge in [0, 0.05) is 21.1 Å². The molecule has 3 heteroatoms. The monoisotopic (exact) mass is 282 g/mol. The minimum absolute atomic E-state index is 0.160. The molecule has 0 amide bonds. The first-order valence-corrected chi connectivity index (χ1v) is 11.5. The van der Waals surface area contributed by atoms with Crippen LogP contribution in [0.4, 0.5) is 0 Å². The lowest BCUT2D eigenvalue weighted by atomic mass is 9.98. The summed E-state index contributed by atoms with van der Waals surface area (Å²) in [4.78, 5) is 12.0. The standard InChI is InChI=1S/C16H30O2Si/c1-5-18-16-12-8-10-14(13-19(2,3)4)9-6-7-11-15(16)17/h10,16H,5-9,11-13H2,1-4H3/b14-10+. The lowest BCUT2D eigenvalue weighted by molar-refractivity contribution is -0.130. The van der Waals surface area contributed by atoms with E-state index in [0.717, 1.165) is 25.7 Å². The largest absolute Gasteiger partial charge is 0.371 e. The van der Waals surface area contributed by atoms with Crippen molar-refractivity contribution in [3.05, 3.63) is 11.6 Å². The predicted octanol–water partition coefficient (Wildman–Crippen LogP) is 4.58. The highest BCUT2D eigenvalue weighted by Gasteiger charge is 2.20. The first kappa shape index (κ1) is 16.6. The Morgan fingerprint density at radius 1 is 1.26 bits per heavy atom. The molecule has 1 aliphatic rings. The van der Waals surface area contributed by atoms with Gasteiger partial charge in [0.25, 0.3) is 0 Å². The molecule has 1 aliphatic carbocycles. The molecular formula is C16H30O2Si. The van der Waals surface area contributed by atoms with E-state index in [9.17, 15) is 4.79 Å². The van der Waals surface area contributed by atoms with Gasteiger partial charge in [-0.1, -0.05) is 31.3 Å². The lowest BCUT2D eigenvalue weighted by Crippen LogP contribution is -2.25. The third-order valence-corrected chi connectivity index (χ3v) is 5.03. The maximum absolute atomic E-state index is 12.0. The Balaban J connectivity index is 2.64. The molecule has 2 nitrogen and oxygen atoms in total. The van der Waals surface area contributed by atoms with E-state index in [-0.39, 0.29) is 6.10 Å². The Kier molecular flexibility index (Phi) is 7.01. The van der Waals surface area contributed by atoms with Crippen molar-refractivity contribution in [3.63, 3.8) is 0 Å². The number of hydrogen-bond acceptors (Lipinski definition) is 2. The van der Waals surface area contributed by atoms with Gasteiger partial charge in [0.05, 0.1) is 0 Å². The van der Waals surface area contributed by atoms with E-state index in [1.807, 2.05) is 6.92 Å². The third-order valence-electron chi connectivity index (χ3n) is 3.52. The molecule has 110 valence electrons. The van der Waals surface area contributed by atoms with Gasteiger partial charge < -0.3 is 4.74 Å². The zero-order valence-corrected chi connectivity index (χ0v) is 14.1. The average molecular weight is 282 g/mol. The predicted molar refractivity (Wildman–Crippen MR) is 84.4 cm³/mol. The van der Waals surface area contributed by atoms with Crippen molar-refractivity contribution in [2.45, 2.75) is 77.2 Å². The van der Waals surface area contributed by atoms with Crippen LogP contribution >= 0.6 is 0 Å². The number of hydrogen-bond donors (Lipinski definition) is 0. The number of carbonyl (C=O) groups is 1. The normalized spacial score (nSPS) is 25.8. The molecule has 0 N–H and O–H groups in total. The van der Waals surface area contributed by atoms with Crippen molar-refractivity contribution in [3.8, 4) is 0 Å². The van der Waals surface area contributed by atoms with Crippen LogP contribution in [-0.2, 0) is 9.53 Å².